The predicted molar refractivity (Wildman–Crippen MR) is 177 cm³/mol. The summed E-state index contributed by atoms with van der Waals surface area (Å²) in [6, 6.07) is 22.5. The number of epoxide rings is 1. The van der Waals surface area contributed by atoms with Gasteiger partial charge in [0.1, 0.15) is 11.5 Å². The number of carbonyl (C=O) groups excluding carboxylic acids is 2. The van der Waals surface area contributed by atoms with E-state index < -0.39 is 5.41 Å². The Morgan fingerprint density at radius 3 is 2.57 bits per heavy atom. The summed E-state index contributed by atoms with van der Waals surface area (Å²) >= 11 is 6.80. The minimum absolute atomic E-state index is 0.0139. The van der Waals surface area contributed by atoms with Crippen molar-refractivity contribution in [1.29, 1.82) is 0 Å². The lowest BCUT2D eigenvalue weighted by Gasteiger charge is -2.43. The van der Waals surface area contributed by atoms with E-state index in [-0.39, 0.29) is 17.8 Å². The van der Waals surface area contributed by atoms with E-state index in [0.717, 1.165) is 71.6 Å². The Morgan fingerprint density at radius 2 is 1.89 bits per heavy atom. The molecule has 6 nitrogen and oxygen atoms in total. The van der Waals surface area contributed by atoms with E-state index in [9.17, 15) is 9.59 Å². The summed E-state index contributed by atoms with van der Waals surface area (Å²) in [5, 5.41) is 4.30. The van der Waals surface area contributed by atoms with Crippen molar-refractivity contribution in [2.75, 3.05) is 18.5 Å². The van der Waals surface area contributed by atoms with Gasteiger partial charge in [-0.15, -0.1) is 0 Å². The molecule has 0 spiro atoms. The van der Waals surface area contributed by atoms with E-state index in [1.165, 1.54) is 5.56 Å². The van der Waals surface area contributed by atoms with Gasteiger partial charge in [0.2, 0.25) is 5.91 Å². The zero-order chi connectivity index (χ0) is 30.7. The summed E-state index contributed by atoms with van der Waals surface area (Å²) in [6.45, 7) is 5.84. The molecule has 3 aromatic carbocycles. The van der Waals surface area contributed by atoms with E-state index in [1.807, 2.05) is 41.3 Å². The Bertz CT molecular complexity index is 1610. The molecule has 1 saturated carbocycles. The first-order chi connectivity index (χ1) is 21.4. The van der Waals surface area contributed by atoms with Crippen LogP contribution in [-0.2, 0) is 27.3 Å². The predicted octanol–water partition coefficient (Wildman–Crippen LogP) is 8.15. The SMILES string of the molecule is CCCC=C(N=C(CC)c1ccccc1)c1cc(Nc2cccc3c2CCN(C(=O)C2(C(=O)C4CO4)CCC2)C3)ccc1Cl. The van der Waals surface area contributed by atoms with Crippen molar-refractivity contribution in [3.63, 3.8) is 0 Å². The first kappa shape index (κ1) is 30.3. The highest BCUT2D eigenvalue weighted by Crippen LogP contribution is 2.46. The van der Waals surface area contributed by atoms with Crippen molar-refractivity contribution in [1.82, 2.24) is 4.90 Å². The third kappa shape index (κ3) is 6.11. The molecule has 1 N–H and O–H groups in total. The molecule has 2 aliphatic heterocycles. The van der Waals surface area contributed by atoms with Crippen molar-refractivity contribution >= 4 is 46.1 Å². The number of allylic oxidation sites excluding steroid dienone is 1. The molecular weight excluding hydrogens is 570 g/mol. The number of nitrogens with one attached hydrogen (secondary N) is 1. The zero-order valence-electron chi connectivity index (χ0n) is 25.6. The van der Waals surface area contributed by atoms with E-state index in [1.54, 1.807) is 0 Å². The third-order valence-electron chi connectivity index (χ3n) is 9.11. The fourth-order valence-corrected chi connectivity index (χ4v) is 6.60. The molecule has 3 aromatic rings. The van der Waals surface area contributed by atoms with Gasteiger partial charge in [-0.1, -0.05) is 86.8 Å². The maximum Gasteiger partial charge on any atom is 0.236 e. The summed E-state index contributed by atoms with van der Waals surface area (Å²) < 4.78 is 5.27. The lowest BCUT2D eigenvalue weighted by molar-refractivity contribution is -0.157. The summed E-state index contributed by atoms with van der Waals surface area (Å²) in [5.41, 5.74) is 7.28. The van der Waals surface area contributed by atoms with Gasteiger partial charge in [-0.3, -0.25) is 14.6 Å². The molecule has 2 heterocycles. The topological polar surface area (TPSA) is 74.3 Å². The number of fused-ring (bicyclic) bond motifs is 1. The molecule has 3 aliphatic rings. The van der Waals surface area contributed by atoms with Crippen molar-refractivity contribution in [2.45, 2.75) is 71.4 Å². The highest BCUT2D eigenvalue weighted by molar-refractivity contribution is 6.32. The second-order valence-corrected chi connectivity index (χ2v) is 12.4. The van der Waals surface area contributed by atoms with Crippen LogP contribution in [-0.4, -0.2) is 41.6 Å². The maximum absolute atomic E-state index is 13.7. The van der Waals surface area contributed by atoms with E-state index in [0.29, 0.717) is 37.6 Å². The number of nitrogens with zero attached hydrogens (tertiary/aromatic N) is 2. The number of hydrogen-bond donors (Lipinski definition) is 1. The highest BCUT2D eigenvalue weighted by Gasteiger charge is 2.56. The first-order valence-electron chi connectivity index (χ1n) is 15.9. The molecule has 44 heavy (non-hydrogen) atoms. The second kappa shape index (κ2) is 13.1. The molecule has 0 radical (unpaired) electrons. The summed E-state index contributed by atoms with van der Waals surface area (Å²) in [4.78, 5) is 33.7. The van der Waals surface area contributed by atoms with Gasteiger partial charge in [-0.2, -0.15) is 0 Å². The molecule has 1 saturated heterocycles. The smallest absolute Gasteiger partial charge is 0.236 e. The monoisotopic (exact) mass is 609 g/mol. The lowest BCUT2D eigenvalue weighted by atomic mass is 9.64. The molecule has 228 valence electrons. The van der Waals surface area contributed by atoms with E-state index in [4.69, 9.17) is 21.3 Å². The Labute approximate surface area is 265 Å². The van der Waals surface area contributed by atoms with Gasteiger partial charge in [0.05, 0.1) is 17.3 Å². The molecule has 1 unspecified atom stereocenters. The Morgan fingerprint density at radius 1 is 1.09 bits per heavy atom. The molecule has 7 heteroatoms. The van der Waals surface area contributed by atoms with Crippen molar-refractivity contribution in [2.24, 2.45) is 10.4 Å². The fraction of sp³-hybridized carbons (Fsp3) is 0.378. The van der Waals surface area contributed by atoms with E-state index >= 15 is 0 Å². The van der Waals surface area contributed by atoms with Gasteiger partial charge in [0, 0.05) is 35.7 Å². The summed E-state index contributed by atoms with van der Waals surface area (Å²) in [7, 11) is 0. The largest absolute Gasteiger partial charge is 0.365 e. The van der Waals surface area contributed by atoms with Gasteiger partial charge < -0.3 is 15.0 Å². The highest BCUT2D eigenvalue weighted by atomic mass is 35.5. The third-order valence-corrected chi connectivity index (χ3v) is 9.44. The molecule has 1 atom stereocenters. The van der Waals surface area contributed by atoms with Crippen molar-refractivity contribution in [3.05, 3.63) is 100 Å². The molecule has 2 fully saturated rings. The van der Waals surface area contributed by atoms with E-state index in [2.05, 4.69) is 55.6 Å². The Balaban J connectivity index is 1.24. The standard InChI is InChI=1S/C37H40ClN3O3/c1-3-5-14-33(40-31(4-2)25-11-7-6-8-12-25)29-22-27(16-17-30(29)38)39-32-15-9-13-26-23-41(21-18-28(26)32)36(43)37(19-10-20-37)35(42)34-24-44-34/h6-9,11-17,22,34,39H,3-5,10,18-21,23-24H2,1-2H3. The average molecular weight is 610 g/mol. The number of ether oxygens (including phenoxy) is 1. The van der Waals surface area contributed by atoms with Crippen LogP contribution in [0.4, 0.5) is 11.4 Å². The Kier molecular flexibility index (Phi) is 9.01. The van der Waals surface area contributed by atoms with Crippen LogP contribution in [0.2, 0.25) is 5.02 Å². The number of benzene rings is 3. The number of Topliss-reactive ketones (excluding diaryl/α,β-unsaturated/α-hetero) is 1. The summed E-state index contributed by atoms with van der Waals surface area (Å²) in [5.74, 6) is -0.0375. The van der Waals surface area contributed by atoms with Gasteiger partial charge in [-0.05, 0) is 73.1 Å². The van der Waals surface area contributed by atoms with Crippen LogP contribution in [0.3, 0.4) is 0 Å². The number of ketones is 1. The molecule has 1 aliphatic carbocycles. The quantitative estimate of drug-likeness (QED) is 0.135. The Hall–Kier alpha value is -3.74. The van der Waals surface area contributed by atoms with Crippen LogP contribution in [0.5, 0.6) is 0 Å². The van der Waals surface area contributed by atoms with Crippen LogP contribution in [0.15, 0.2) is 77.8 Å². The lowest BCUT2D eigenvalue weighted by Crippen LogP contribution is -2.54. The van der Waals surface area contributed by atoms with Gasteiger partial charge in [0.15, 0.2) is 5.78 Å². The molecular formula is C37H40ClN3O3. The van der Waals surface area contributed by atoms with Crippen LogP contribution < -0.4 is 5.32 Å². The van der Waals surface area contributed by atoms with Crippen LogP contribution >= 0.6 is 11.6 Å². The fourth-order valence-electron chi connectivity index (χ4n) is 6.38. The van der Waals surface area contributed by atoms with Gasteiger partial charge in [0.25, 0.3) is 0 Å². The van der Waals surface area contributed by atoms with Crippen molar-refractivity contribution < 1.29 is 14.3 Å². The molecule has 6 rings (SSSR count). The minimum Gasteiger partial charge on any atom is -0.365 e. The molecule has 1 amide bonds. The number of aliphatic imine (C=N–C) groups is 1. The minimum atomic E-state index is -0.877. The number of amides is 1. The van der Waals surface area contributed by atoms with Crippen LogP contribution in [0.1, 0.15) is 74.6 Å². The number of carbonyl (C=O) groups is 2. The number of anilines is 2. The van der Waals surface area contributed by atoms with Gasteiger partial charge in [-0.25, -0.2) is 0 Å². The molecule has 0 aromatic heterocycles. The van der Waals surface area contributed by atoms with Gasteiger partial charge >= 0.3 is 0 Å². The summed E-state index contributed by atoms with van der Waals surface area (Å²) in [6.07, 6.45) is 7.43. The second-order valence-electron chi connectivity index (χ2n) is 12.0. The normalized spacial score (nSPS) is 19.2. The number of unbranched alkanes of at least 4 members (excludes halogenated alkanes) is 1. The molecule has 0 bridgehead atoms. The number of hydrogen-bond acceptors (Lipinski definition) is 5. The van der Waals surface area contributed by atoms with Crippen LogP contribution in [0.25, 0.3) is 5.70 Å². The van der Waals surface area contributed by atoms with Crippen LogP contribution in [0, 0.1) is 5.41 Å². The maximum atomic E-state index is 13.7. The first-order valence-corrected chi connectivity index (χ1v) is 16.3. The average Bonchev–Trinajstić information content (AvgIpc) is 3.88. The number of halogens is 1. The number of rotatable bonds is 11. The van der Waals surface area contributed by atoms with Crippen molar-refractivity contribution in [3.8, 4) is 0 Å². The zero-order valence-corrected chi connectivity index (χ0v) is 26.3.